The second kappa shape index (κ2) is 3.98. The molecule has 0 spiro atoms. The van der Waals surface area contributed by atoms with Gasteiger partial charge in [-0.2, -0.15) is 0 Å². The normalized spacial score (nSPS) is 11.2. The molecule has 0 fully saturated rings. The highest BCUT2D eigenvalue weighted by atomic mass is 35.5. The Bertz CT molecular complexity index is 392. The molecule has 0 bridgehead atoms. The van der Waals surface area contributed by atoms with E-state index in [1.54, 1.807) is 0 Å². The quantitative estimate of drug-likeness (QED) is 0.638. The maximum atomic E-state index is 11.8. The van der Waals surface area contributed by atoms with Gasteiger partial charge in [-0.3, -0.25) is 4.79 Å². The van der Waals surface area contributed by atoms with Crippen LogP contribution < -0.4 is 10.5 Å². The summed E-state index contributed by atoms with van der Waals surface area (Å²) in [5.74, 6) is -0.632. The van der Waals surface area contributed by atoms with Crippen LogP contribution in [-0.2, 0) is 0 Å². The van der Waals surface area contributed by atoms with Crippen LogP contribution in [0.2, 0.25) is 5.02 Å². The number of ether oxygens (including phenoxy) is 1. The number of benzene rings is 1. The third-order valence-corrected chi connectivity index (χ3v) is 1.79. The first-order chi connectivity index (χ1) is 6.83. The third kappa shape index (κ3) is 3.02. The number of aldehydes is 1. The van der Waals surface area contributed by atoms with Crippen molar-refractivity contribution in [3.63, 3.8) is 0 Å². The van der Waals surface area contributed by atoms with Crippen molar-refractivity contribution in [2.75, 3.05) is 5.73 Å². The number of anilines is 1. The van der Waals surface area contributed by atoms with Gasteiger partial charge in [0.1, 0.15) is 5.75 Å². The molecule has 0 heterocycles. The molecule has 7 heteroatoms. The minimum atomic E-state index is -4.85. The second-order valence-corrected chi connectivity index (χ2v) is 2.98. The number of halogens is 4. The largest absolute Gasteiger partial charge is 0.573 e. The van der Waals surface area contributed by atoms with Crippen LogP contribution >= 0.6 is 11.6 Å². The number of alkyl halides is 3. The molecule has 1 aromatic carbocycles. The van der Waals surface area contributed by atoms with Gasteiger partial charge >= 0.3 is 6.36 Å². The number of hydrogen-bond donors (Lipinski definition) is 1. The Hall–Kier alpha value is -1.43. The Kier molecular flexibility index (Phi) is 3.09. The zero-order valence-corrected chi connectivity index (χ0v) is 7.89. The predicted octanol–water partition coefficient (Wildman–Crippen LogP) is 2.63. The first-order valence-corrected chi connectivity index (χ1v) is 4.01. The summed E-state index contributed by atoms with van der Waals surface area (Å²) in [5, 5.41) is -0.330. The molecule has 0 aliphatic heterocycles. The molecule has 82 valence electrons. The number of nitrogen functional groups attached to an aromatic ring is 1. The number of carbonyl (C=O) groups is 1. The van der Waals surface area contributed by atoms with Crippen molar-refractivity contribution in [2.45, 2.75) is 6.36 Å². The molecule has 0 atom stereocenters. The summed E-state index contributed by atoms with van der Waals surface area (Å²) >= 11 is 5.45. The lowest BCUT2D eigenvalue weighted by Crippen LogP contribution is -2.17. The molecule has 1 rings (SSSR count). The zero-order chi connectivity index (χ0) is 11.6. The first kappa shape index (κ1) is 11.6. The van der Waals surface area contributed by atoms with Gasteiger partial charge < -0.3 is 10.5 Å². The van der Waals surface area contributed by atoms with Gasteiger partial charge in [-0.1, -0.05) is 11.6 Å². The smallest absolute Gasteiger partial charge is 0.404 e. The predicted molar refractivity (Wildman–Crippen MR) is 47.9 cm³/mol. The Balaban J connectivity index is 3.11. The standard InChI is InChI=1S/C8H5ClF3NO2/c9-5-1-4(3-14)6(13)2-7(5)15-8(10,11)12/h1-3H,13H2. The first-order valence-electron chi connectivity index (χ1n) is 3.63. The molecule has 3 nitrogen and oxygen atoms in total. The van der Waals surface area contributed by atoms with Crippen molar-refractivity contribution >= 4 is 23.6 Å². The molecule has 15 heavy (non-hydrogen) atoms. The fourth-order valence-corrected chi connectivity index (χ4v) is 1.10. The van der Waals surface area contributed by atoms with E-state index in [1.807, 2.05) is 0 Å². The van der Waals surface area contributed by atoms with Gasteiger partial charge in [-0.05, 0) is 6.07 Å². The van der Waals surface area contributed by atoms with Crippen LogP contribution in [-0.4, -0.2) is 12.6 Å². The lowest BCUT2D eigenvalue weighted by Gasteiger charge is -2.11. The number of nitrogens with two attached hydrogens (primary N) is 1. The molecule has 0 amide bonds. The van der Waals surface area contributed by atoms with Crippen LogP contribution in [0.4, 0.5) is 18.9 Å². The van der Waals surface area contributed by atoms with Crippen molar-refractivity contribution in [3.05, 3.63) is 22.7 Å². The highest BCUT2D eigenvalue weighted by Crippen LogP contribution is 2.33. The van der Waals surface area contributed by atoms with Gasteiger partial charge in [0.15, 0.2) is 6.29 Å². The fraction of sp³-hybridized carbons (Fsp3) is 0.125. The summed E-state index contributed by atoms with van der Waals surface area (Å²) in [6.07, 6.45) is -4.46. The van der Waals surface area contributed by atoms with Gasteiger partial charge in [0.25, 0.3) is 0 Å². The van der Waals surface area contributed by atoms with E-state index < -0.39 is 12.1 Å². The van der Waals surface area contributed by atoms with Crippen LogP contribution in [0.25, 0.3) is 0 Å². The van der Waals surface area contributed by atoms with Crippen LogP contribution in [0.15, 0.2) is 12.1 Å². The van der Waals surface area contributed by atoms with Crippen molar-refractivity contribution in [1.29, 1.82) is 0 Å². The van der Waals surface area contributed by atoms with Crippen molar-refractivity contribution in [2.24, 2.45) is 0 Å². The molecule has 0 unspecified atom stereocenters. The summed E-state index contributed by atoms with van der Waals surface area (Å²) in [6, 6.07) is 1.85. The molecule has 0 aliphatic rings. The summed E-state index contributed by atoms with van der Waals surface area (Å²) in [4.78, 5) is 10.4. The Labute approximate surface area is 87.6 Å². The van der Waals surface area contributed by atoms with E-state index in [0.29, 0.717) is 6.29 Å². The summed E-state index contributed by atoms with van der Waals surface area (Å²) in [7, 11) is 0. The van der Waals surface area contributed by atoms with E-state index in [4.69, 9.17) is 17.3 Å². The monoisotopic (exact) mass is 239 g/mol. The van der Waals surface area contributed by atoms with Gasteiger partial charge in [0.2, 0.25) is 0 Å². The fourth-order valence-electron chi connectivity index (χ4n) is 0.889. The van der Waals surface area contributed by atoms with Crippen LogP contribution in [0.3, 0.4) is 0 Å². The van der Waals surface area contributed by atoms with Crippen LogP contribution in [0.1, 0.15) is 10.4 Å². The molecule has 0 radical (unpaired) electrons. The highest BCUT2D eigenvalue weighted by Gasteiger charge is 2.32. The number of carbonyl (C=O) groups excluding carboxylic acids is 1. The molecule has 0 saturated heterocycles. The van der Waals surface area contributed by atoms with E-state index in [2.05, 4.69) is 4.74 Å². The molecular formula is C8H5ClF3NO2. The molecule has 0 saturated carbocycles. The number of rotatable bonds is 2. The van der Waals surface area contributed by atoms with Gasteiger partial charge in [-0.15, -0.1) is 13.2 Å². The minimum Gasteiger partial charge on any atom is -0.404 e. The van der Waals surface area contributed by atoms with E-state index in [9.17, 15) is 18.0 Å². The Morgan fingerprint density at radius 1 is 1.40 bits per heavy atom. The Morgan fingerprint density at radius 3 is 2.47 bits per heavy atom. The maximum Gasteiger partial charge on any atom is 0.573 e. The summed E-state index contributed by atoms with van der Waals surface area (Å²) < 4.78 is 39.1. The van der Waals surface area contributed by atoms with Gasteiger partial charge in [0.05, 0.1) is 5.02 Å². The van der Waals surface area contributed by atoms with E-state index in [1.165, 1.54) is 0 Å². The van der Waals surface area contributed by atoms with E-state index >= 15 is 0 Å². The third-order valence-electron chi connectivity index (χ3n) is 1.49. The van der Waals surface area contributed by atoms with E-state index in [-0.39, 0.29) is 16.3 Å². The lowest BCUT2D eigenvalue weighted by atomic mass is 10.2. The van der Waals surface area contributed by atoms with Gasteiger partial charge in [-0.25, -0.2) is 0 Å². The second-order valence-electron chi connectivity index (χ2n) is 2.58. The average molecular weight is 240 g/mol. The molecule has 1 aromatic rings. The molecule has 2 N–H and O–H groups in total. The average Bonchev–Trinajstić information content (AvgIpc) is 2.08. The molecular weight excluding hydrogens is 235 g/mol. The van der Waals surface area contributed by atoms with Crippen LogP contribution in [0, 0.1) is 0 Å². The topological polar surface area (TPSA) is 52.3 Å². The highest BCUT2D eigenvalue weighted by molar-refractivity contribution is 6.32. The maximum absolute atomic E-state index is 11.8. The minimum absolute atomic E-state index is 0.00882. The Morgan fingerprint density at radius 2 is 2.00 bits per heavy atom. The van der Waals surface area contributed by atoms with Crippen molar-refractivity contribution in [3.8, 4) is 5.75 Å². The van der Waals surface area contributed by atoms with E-state index in [0.717, 1.165) is 12.1 Å². The number of hydrogen-bond acceptors (Lipinski definition) is 3. The zero-order valence-electron chi connectivity index (χ0n) is 7.14. The molecule has 0 aliphatic carbocycles. The van der Waals surface area contributed by atoms with Crippen molar-refractivity contribution in [1.82, 2.24) is 0 Å². The lowest BCUT2D eigenvalue weighted by molar-refractivity contribution is -0.274. The molecule has 0 aromatic heterocycles. The van der Waals surface area contributed by atoms with Gasteiger partial charge in [0, 0.05) is 17.3 Å². The SMILES string of the molecule is Nc1cc(OC(F)(F)F)c(Cl)cc1C=O. The van der Waals surface area contributed by atoms with Crippen molar-refractivity contribution < 1.29 is 22.7 Å². The summed E-state index contributed by atoms with van der Waals surface area (Å²) in [6.45, 7) is 0. The van der Waals surface area contributed by atoms with Crippen LogP contribution in [0.5, 0.6) is 5.75 Å². The summed E-state index contributed by atoms with van der Waals surface area (Å²) in [5.41, 5.74) is 5.16.